The molecule has 2 aromatic carbocycles. The summed E-state index contributed by atoms with van der Waals surface area (Å²) in [5.74, 6) is 0. The first-order valence-electron chi connectivity index (χ1n) is 14.7. The summed E-state index contributed by atoms with van der Waals surface area (Å²) in [6.07, 6.45) is -5.59. The molecule has 2 aliphatic rings. The predicted octanol–water partition coefficient (Wildman–Crippen LogP) is 5.66. The van der Waals surface area contributed by atoms with Crippen molar-refractivity contribution in [2.75, 3.05) is 0 Å². The number of hydrogen-bond donors (Lipinski definition) is 2. The number of aliphatic hydroxyl groups excluding tert-OH is 2. The Bertz CT molecular complexity index is 1400. The third-order valence-corrected chi connectivity index (χ3v) is 8.09. The maximum atomic E-state index is 13.6. The molecule has 1 heterocycles. The Labute approximate surface area is 259 Å². The maximum Gasteiger partial charge on any atom is 0.410 e. The summed E-state index contributed by atoms with van der Waals surface area (Å²) in [6, 6.07) is 15.4. The van der Waals surface area contributed by atoms with Crippen LogP contribution in [0.15, 0.2) is 76.0 Å². The standard InChI is InChI=1S/C29H36N10O6/c1-2-23(39(16-18-9-5-3-6-10-18)29(42)43-17-19-11-7-4-8-12-19)24-14-13-20(33-36-30)28(44-24)45-27-22(35-38-32)15-21(34-37-31)25(40)26(27)41/h3-12,20-28,40-41H,2,13-17H2,1H3/t20-,21-,22+,23-,24+,25+,26-,27-,28-/m1/s1. The molecule has 1 amide bonds. The van der Waals surface area contributed by atoms with Crippen molar-refractivity contribution in [3.05, 3.63) is 103 Å². The zero-order valence-corrected chi connectivity index (χ0v) is 24.7. The average molecular weight is 621 g/mol. The number of rotatable bonds is 12. The molecule has 0 spiro atoms. The summed E-state index contributed by atoms with van der Waals surface area (Å²) < 4.78 is 18.2. The number of amides is 1. The Hall–Kier alpha value is -4.52. The van der Waals surface area contributed by atoms with Gasteiger partial charge >= 0.3 is 6.09 Å². The van der Waals surface area contributed by atoms with Crippen LogP contribution in [0.1, 0.15) is 43.7 Å². The van der Waals surface area contributed by atoms with Gasteiger partial charge in [0.1, 0.15) is 12.7 Å². The topological polar surface area (TPSA) is 235 Å². The van der Waals surface area contributed by atoms with Gasteiger partial charge in [-0.05, 0) is 53.4 Å². The summed E-state index contributed by atoms with van der Waals surface area (Å²) in [5.41, 5.74) is 29.0. The number of hydrogen-bond acceptors (Lipinski definition) is 9. The van der Waals surface area contributed by atoms with Gasteiger partial charge in [-0.25, -0.2) is 4.79 Å². The third kappa shape index (κ3) is 8.56. The molecule has 0 aromatic heterocycles. The fourth-order valence-electron chi connectivity index (χ4n) is 5.83. The van der Waals surface area contributed by atoms with Crippen molar-refractivity contribution in [2.24, 2.45) is 15.3 Å². The van der Waals surface area contributed by atoms with E-state index in [2.05, 4.69) is 30.1 Å². The number of aliphatic hydroxyl groups is 2. The zero-order valence-electron chi connectivity index (χ0n) is 24.7. The van der Waals surface area contributed by atoms with Crippen LogP contribution in [0.2, 0.25) is 0 Å². The van der Waals surface area contributed by atoms with E-state index in [4.69, 9.17) is 25.3 Å². The highest BCUT2D eigenvalue weighted by Gasteiger charge is 2.47. The van der Waals surface area contributed by atoms with Crippen molar-refractivity contribution in [2.45, 2.75) is 101 Å². The molecule has 0 unspecified atom stereocenters. The van der Waals surface area contributed by atoms with Crippen LogP contribution in [0.4, 0.5) is 4.79 Å². The summed E-state index contributed by atoms with van der Waals surface area (Å²) >= 11 is 0. The molecular formula is C29H36N10O6. The molecule has 1 aliphatic heterocycles. The van der Waals surface area contributed by atoms with Crippen molar-refractivity contribution >= 4 is 6.09 Å². The molecule has 0 radical (unpaired) electrons. The largest absolute Gasteiger partial charge is 0.445 e. The van der Waals surface area contributed by atoms with Crippen LogP contribution in [0.25, 0.3) is 31.3 Å². The first-order valence-corrected chi connectivity index (χ1v) is 14.7. The van der Waals surface area contributed by atoms with Crippen LogP contribution in [0.5, 0.6) is 0 Å². The predicted molar refractivity (Wildman–Crippen MR) is 161 cm³/mol. The molecule has 16 nitrogen and oxygen atoms in total. The lowest BCUT2D eigenvalue weighted by Gasteiger charge is -2.45. The second-order valence-electron chi connectivity index (χ2n) is 10.9. The van der Waals surface area contributed by atoms with Gasteiger partial charge in [-0.3, -0.25) is 4.90 Å². The zero-order chi connectivity index (χ0) is 32.2. The van der Waals surface area contributed by atoms with Crippen LogP contribution in [0, 0.1) is 0 Å². The van der Waals surface area contributed by atoms with Crippen molar-refractivity contribution < 1.29 is 29.2 Å². The van der Waals surface area contributed by atoms with Gasteiger partial charge in [0.15, 0.2) is 6.29 Å². The van der Waals surface area contributed by atoms with Gasteiger partial charge in [0.05, 0.1) is 42.5 Å². The number of ether oxygens (including phenoxy) is 3. The Morgan fingerprint density at radius 1 is 0.911 bits per heavy atom. The molecule has 238 valence electrons. The molecule has 1 saturated heterocycles. The second-order valence-corrected chi connectivity index (χ2v) is 10.9. The second kappa shape index (κ2) is 16.5. The number of carbonyl (C=O) groups excluding carboxylic acids is 1. The van der Waals surface area contributed by atoms with Gasteiger partial charge < -0.3 is 24.4 Å². The number of nitrogens with zero attached hydrogens (tertiary/aromatic N) is 10. The van der Waals surface area contributed by atoms with Crippen LogP contribution in [0.3, 0.4) is 0 Å². The Morgan fingerprint density at radius 2 is 1.51 bits per heavy atom. The van der Waals surface area contributed by atoms with Crippen LogP contribution >= 0.6 is 0 Å². The van der Waals surface area contributed by atoms with Crippen molar-refractivity contribution in [1.29, 1.82) is 0 Å². The van der Waals surface area contributed by atoms with Gasteiger partial charge in [-0.15, -0.1) is 0 Å². The van der Waals surface area contributed by atoms with Gasteiger partial charge in [-0.2, -0.15) is 0 Å². The SMILES string of the molecule is CC[C@H]([C@@H]1CC[C@@H](N=[N+]=[N-])[C@@H](O[C@H]2[C@H](O)[C@@H](O)[C@H](N=[N+]=[N-])C[C@@H]2N=[N+]=[N-])O1)N(Cc1ccccc1)C(=O)OCc1ccccc1. The fourth-order valence-corrected chi connectivity index (χ4v) is 5.83. The van der Waals surface area contributed by atoms with Crippen LogP contribution < -0.4 is 0 Å². The molecule has 1 aliphatic carbocycles. The van der Waals surface area contributed by atoms with Crippen molar-refractivity contribution in [1.82, 2.24) is 4.90 Å². The summed E-state index contributed by atoms with van der Waals surface area (Å²) in [6.45, 7) is 2.24. The summed E-state index contributed by atoms with van der Waals surface area (Å²) in [7, 11) is 0. The minimum Gasteiger partial charge on any atom is -0.445 e. The third-order valence-electron chi connectivity index (χ3n) is 8.09. The minimum atomic E-state index is -1.61. The molecule has 9 atom stereocenters. The highest BCUT2D eigenvalue weighted by Crippen LogP contribution is 2.34. The van der Waals surface area contributed by atoms with E-state index in [9.17, 15) is 20.5 Å². The van der Waals surface area contributed by atoms with E-state index in [0.29, 0.717) is 19.3 Å². The van der Waals surface area contributed by atoms with Gasteiger partial charge in [0.25, 0.3) is 0 Å². The molecule has 16 heteroatoms. The smallest absolute Gasteiger partial charge is 0.410 e. The molecule has 1 saturated carbocycles. The van der Waals surface area contributed by atoms with E-state index in [1.807, 2.05) is 67.6 Å². The fraction of sp³-hybridized carbons (Fsp3) is 0.552. The quantitative estimate of drug-likeness (QED) is 0.172. The molecule has 2 N–H and O–H groups in total. The minimum absolute atomic E-state index is 0.0805. The number of azide groups is 3. The Balaban J connectivity index is 1.58. The van der Waals surface area contributed by atoms with E-state index in [1.165, 1.54) is 0 Å². The lowest BCUT2D eigenvalue weighted by atomic mass is 9.84. The van der Waals surface area contributed by atoms with E-state index in [-0.39, 0.29) is 19.6 Å². The molecule has 4 rings (SSSR count). The van der Waals surface area contributed by atoms with Crippen LogP contribution in [-0.4, -0.2) is 76.1 Å². The van der Waals surface area contributed by atoms with Gasteiger partial charge in [-0.1, -0.05) is 82.9 Å². The van der Waals surface area contributed by atoms with E-state index < -0.39 is 61.0 Å². The highest BCUT2D eigenvalue weighted by atomic mass is 16.7. The van der Waals surface area contributed by atoms with E-state index in [1.54, 1.807) is 4.90 Å². The molecule has 2 aromatic rings. The van der Waals surface area contributed by atoms with Crippen LogP contribution in [-0.2, 0) is 27.4 Å². The average Bonchev–Trinajstić information content (AvgIpc) is 3.06. The lowest BCUT2D eigenvalue weighted by Crippen LogP contribution is -2.59. The normalized spacial score (nSPS) is 28.3. The first-order chi connectivity index (χ1) is 21.9. The van der Waals surface area contributed by atoms with Gasteiger partial charge in [0, 0.05) is 21.3 Å². The van der Waals surface area contributed by atoms with E-state index >= 15 is 0 Å². The number of benzene rings is 2. The number of carbonyl (C=O) groups is 1. The van der Waals surface area contributed by atoms with E-state index in [0.717, 1.165) is 11.1 Å². The Morgan fingerprint density at radius 3 is 2.13 bits per heavy atom. The van der Waals surface area contributed by atoms with Gasteiger partial charge in [0.2, 0.25) is 0 Å². The molecular weight excluding hydrogens is 584 g/mol. The summed E-state index contributed by atoms with van der Waals surface area (Å²) in [5, 5.41) is 32.6. The van der Waals surface area contributed by atoms with Crippen molar-refractivity contribution in [3.63, 3.8) is 0 Å². The summed E-state index contributed by atoms with van der Waals surface area (Å²) in [4.78, 5) is 23.7. The molecule has 2 fully saturated rings. The maximum absolute atomic E-state index is 13.6. The highest BCUT2D eigenvalue weighted by molar-refractivity contribution is 5.68. The molecule has 45 heavy (non-hydrogen) atoms. The first kappa shape index (κ1) is 33.4. The molecule has 0 bridgehead atoms. The lowest BCUT2D eigenvalue weighted by molar-refractivity contribution is -0.260. The monoisotopic (exact) mass is 620 g/mol. The van der Waals surface area contributed by atoms with Crippen molar-refractivity contribution in [3.8, 4) is 0 Å². The Kier molecular flexibility index (Phi) is 12.3.